The topological polar surface area (TPSA) is 89.3 Å². The first-order chi connectivity index (χ1) is 10.3. The number of hydrogen-bond donors (Lipinski definition) is 1. The monoisotopic (exact) mass is 360 g/mol. The van der Waals surface area contributed by atoms with E-state index in [0.29, 0.717) is 10.6 Å². The first kappa shape index (κ1) is 16.5. The van der Waals surface area contributed by atoms with Gasteiger partial charge in [0.25, 0.3) is 5.69 Å². The molecule has 116 valence electrons. The third kappa shape index (κ3) is 4.33. The Labute approximate surface area is 136 Å². The second-order valence-corrected chi connectivity index (χ2v) is 6.95. The van der Waals surface area contributed by atoms with E-state index in [0.717, 1.165) is 0 Å². The highest BCUT2D eigenvalue weighted by Gasteiger charge is 2.15. The van der Waals surface area contributed by atoms with Crippen molar-refractivity contribution in [3.8, 4) is 0 Å². The maximum Gasteiger partial charge on any atom is 0.269 e. The number of rotatable bonds is 5. The summed E-state index contributed by atoms with van der Waals surface area (Å²) in [6, 6.07) is 9.77. The number of nitrogens with one attached hydrogen (secondary N) is 1. The zero-order valence-corrected chi connectivity index (χ0v) is 13.3. The highest BCUT2D eigenvalue weighted by molar-refractivity contribution is 7.91. The van der Waals surface area contributed by atoms with Gasteiger partial charge in [0.2, 0.25) is 10.0 Å². The van der Waals surface area contributed by atoms with Crippen LogP contribution in [0.1, 0.15) is 5.56 Å². The SMILES string of the molecule is O=[N+]([O-])c1cccc(CS(=O)(=O)Nc2ccc(Cl)c(Cl)c2)c1. The second-order valence-electron chi connectivity index (χ2n) is 4.42. The Morgan fingerprint density at radius 3 is 2.45 bits per heavy atom. The van der Waals surface area contributed by atoms with Crippen molar-refractivity contribution in [3.63, 3.8) is 0 Å². The predicted octanol–water partition coefficient (Wildman–Crippen LogP) is 3.84. The molecular formula is C13H10Cl2N2O4S. The number of anilines is 1. The van der Waals surface area contributed by atoms with E-state index in [1.165, 1.54) is 42.5 Å². The molecule has 0 aliphatic rings. The molecule has 0 aliphatic carbocycles. The number of sulfonamides is 1. The molecule has 2 rings (SSSR count). The lowest BCUT2D eigenvalue weighted by atomic mass is 10.2. The van der Waals surface area contributed by atoms with Crippen LogP contribution in [0.4, 0.5) is 11.4 Å². The molecule has 0 amide bonds. The number of nitro benzene ring substituents is 1. The standard InChI is InChI=1S/C13H10Cl2N2O4S/c14-12-5-4-10(7-13(12)15)16-22(20,21)8-9-2-1-3-11(6-9)17(18)19/h1-7,16H,8H2. The van der Waals surface area contributed by atoms with E-state index in [4.69, 9.17) is 23.2 Å². The minimum absolute atomic E-state index is 0.165. The highest BCUT2D eigenvalue weighted by atomic mass is 35.5. The van der Waals surface area contributed by atoms with Gasteiger partial charge in [-0.15, -0.1) is 0 Å². The summed E-state index contributed by atoms with van der Waals surface area (Å²) in [6.45, 7) is 0. The average molecular weight is 361 g/mol. The van der Waals surface area contributed by atoms with Gasteiger partial charge in [-0.05, 0) is 23.8 Å². The van der Waals surface area contributed by atoms with E-state index in [-0.39, 0.29) is 16.4 Å². The Hall–Kier alpha value is -1.83. The zero-order chi connectivity index (χ0) is 16.3. The predicted molar refractivity (Wildman–Crippen MR) is 85.8 cm³/mol. The third-order valence-corrected chi connectivity index (χ3v) is 4.67. The molecule has 0 aliphatic heterocycles. The Morgan fingerprint density at radius 2 is 1.82 bits per heavy atom. The molecule has 1 N–H and O–H groups in total. The zero-order valence-electron chi connectivity index (χ0n) is 11.0. The number of nitro groups is 1. The Bertz CT molecular complexity index is 825. The van der Waals surface area contributed by atoms with Gasteiger partial charge in [-0.3, -0.25) is 14.8 Å². The summed E-state index contributed by atoms with van der Waals surface area (Å²) in [7, 11) is -3.73. The molecule has 0 unspecified atom stereocenters. The second kappa shape index (κ2) is 6.51. The lowest BCUT2D eigenvalue weighted by molar-refractivity contribution is -0.384. The normalized spacial score (nSPS) is 11.2. The van der Waals surface area contributed by atoms with Crippen LogP contribution in [0, 0.1) is 10.1 Å². The van der Waals surface area contributed by atoms with Crippen LogP contribution in [-0.2, 0) is 15.8 Å². The minimum atomic E-state index is -3.73. The van der Waals surface area contributed by atoms with E-state index in [1.54, 1.807) is 0 Å². The van der Waals surface area contributed by atoms with Gasteiger partial charge >= 0.3 is 0 Å². The summed E-state index contributed by atoms with van der Waals surface area (Å²) in [5.41, 5.74) is 0.406. The van der Waals surface area contributed by atoms with Crippen LogP contribution in [0.5, 0.6) is 0 Å². The summed E-state index contributed by atoms with van der Waals surface area (Å²) >= 11 is 11.6. The summed E-state index contributed by atoms with van der Waals surface area (Å²) in [5.74, 6) is -0.394. The summed E-state index contributed by atoms with van der Waals surface area (Å²) in [6.07, 6.45) is 0. The molecule has 0 radical (unpaired) electrons. The van der Waals surface area contributed by atoms with Gasteiger partial charge in [0.05, 0.1) is 26.4 Å². The van der Waals surface area contributed by atoms with Gasteiger partial charge in [-0.25, -0.2) is 8.42 Å². The molecule has 0 bridgehead atoms. The van der Waals surface area contributed by atoms with Crippen LogP contribution < -0.4 is 4.72 Å². The van der Waals surface area contributed by atoms with Crippen molar-refractivity contribution in [1.29, 1.82) is 0 Å². The van der Waals surface area contributed by atoms with Crippen molar-refractivity contribution in [2.24, 2.45) is 0 Å². The van der Waals surface area contributed by atoms with Gasteiger partial charge in [0.15, 0.2) is 0 Å². The largest absolute Gasteiger partial charge is 0.283 e. The van der Waals surface area contributed by atoms with Gasteiger partial charge in [0.1, 0.15) is 0 Å². The van der Waals surface area contributed by atoms with Crippen LogP contribution in [0.2, 0.25) is 10.0 Å². The molecule has 0 aromatic heterocycles. The van der Waals surface area contributed by atoms with Crippen LogP contribution in [0.15, 0.2) is 42.5 Å². The minimum Gasteiger partial charge on any atom is -0.283 e. The molecule has 0 fully saturated rings. The molecule has 0 atom stereocenters. The van der Waals surface area contributed by atoms with Crippen molar-refractivity contribution in [3.05, 3.63) is 68.2 Å². The highest BCUT2D eigenvalue weighted by Crippen LogP contribution is 2.26. The van der Waals surface area contributed by atoms with Gasteiger partial charge in [0, 0.05) is 12.1 Å². The van der Waals surface area contributed by atoms with Crippen molar-refractivity contribution >= 4 is 44.6 Å². The molecule has 6 nitrogen and oxygen atoms in total. The fourth-order valence-electron chi connectivity index (χ4n) is 1.75. The molecule has 0 saturated carbocycles. The van der Waals surface area contributed by atoms with Crippen molar-refractivity contribution in [1.82, 2.24) is 0 Å². The summed E-state index contributed by atoms with van der Waals surface area (Å²) in [5, 5.41) is 11.2. The maximum atomic E-state index is 12.1. The van der Waals surface area contributed by atoms with E-state index < -0.39 is 20.7 Å². The number of halogens is 2. The molecule has 2 aromatic rings. The molecule has 0 heterocycles. The van der Waals surface area contributed by atoms with Gasteiger partial charge < -0.3 is 0 Å². The Morgan fingerprint density at radius 1 is 1.09 bits per heavy atom. The maximum absolute atomic E-state index is 12.1. The molecule has 2 aromatic carbocycles. The number of benzene rings is 2. The lowest BCUT2D eigenvalue weighted by Gasteiger charge is -2.09. The molecule has 9 heteroatoms. The fourth-order valence-corrected chi connectivity index (χ4v) is 3.23. The van der Waals surface area contributed by atoms with Crippen molar-refractivity contribution in [2.45, 2.75) is 5.75 Å². The van der Waals surface area contributed by atoms with E-state index in [1.807, 2.05) is 0 Å². The number of nitrogens with zero attached hydrogens (tertiary/aromatic N) is 1. The molecule has 22 heavy (non-hydrogen) atoms. The smallest absolute Gasteiger partial charge is 0.269 e. The Balaban J connectivity index is 2.19. The van der Waals surface area contributed by atoms with E-state index >= 15 is 0 Å². The molecule has 0 saturated heterocycles. The number of hydrogen-bond acceptors (Lipinski definition) is 4. The molecule has 0 spiro atoms. The van der Waals surface area contributed by atoms with Gasteiger partial charge in [-0.2, -0.15) is 0 Å². The van der Waals surface area contributed by atoms with E-state index in [2.05, 4.69) is 4.72 Å². The van der Waals surface area contributed by atoms with Gasteiger partial charge in [-0.1, -0.05) is 35.3 Å². The molecular weight excluding hydrogens is 351 g/mol. The van der Waals surface area contributed by atoms with Crippen molar-refractivity contribution in [2.75, 3.05) is 4.72 Å². The first-order valence-corrected chi connectivity index (χ1v) is 8.36. The first-order valence-electron chi connectivity index (χ1n) is 5.96. The summed E-state index contributed by atoms with van der Waals surface area (Å²) in [4.78, 5) is 10.1. The third-order valence-electron chi connectivity index (χ3n) is 2.67. The van der Waals surface area contributed by atoms with Crippen LogP contribution in [0.3, 0.4) is 0 Å². The summed E-state index contributed by atoms with van der Waals surface area (Å²) < 4.78 is 26.5. The number of non-ortho nitro benzene ring substituents is 1. The quantitative estimate of drug-likeness (QED) is 0.647. The Kier molecular flexibility index (Phi) is 4.90. The average Bonchev–Trinajstić information content (AvgIpc) is 2.42. The van der Waals surface area contributed by atoms with Crippen LogP contribution in [0.25, 0.3) is 0 Å². The van der Waals surface area contributed by atoms with Crippen molar-refractivity contribution < 1.29 is 13.3 Å². The van der Waals surface area contributed by atoms with Crippen LogP contribution in [-0.4, -0.2) is 13.3 Å². The fraction of sp³-hybridized carbons (Fsp3) is 0.0769. The van der Waals surface area contributed by atoms with Crippen LogP contribution >= 0.6 is 23.2 Å². The lowest BCUT2D eigenvalue weighted by Crippen LogP contribution is -2.15. The van der Waals surface area contributed by atoms with E-state index in [9.17, 15) is 18.5 Å².